The van der Waals surface area contributed by atoms with Crippen molar-refractivity contribution in [1.82, 2.24) is 10.3 Å². The number of rotatable bonds is 6. The molecule has 0 aliphatic carbocycles. The summed E-state index contributed by atoms with van der Waals surface area (Å²) in [6.07, 6.45) is 5.28. The first-order valence-corrected chi connectivity index (χ1v) is 11.4. The number of hydrogen-bond acceptors (Lipinski definition) is 5. The molecule has 0 amide bonds. The molecule has 1 N–H and O–H groups in total. The third-order valence-electron chi connectivity index (χ3n) is 4.14. The minimum atomic E-state index is -3.34. The van der Waals surface area contributed by atoms with Gasteiger partial charge >= 0.3 is 0 Å². The van der Waals surface area contributed by atoms with Gasteiger partial charge in [0.25, 0.3) is 0 Å². The van der Waals surface area contributed by atoms with Crippen molar-refractivity contribution in [3.63, 3.8) is 0 Å². The molecular formula is C18H21N3O2S3. The maximum atomic E-state index is 12.7. The van der Waals surface area contributed by atoms with Gasteiger partial charge in [-0.05, 0) is 36.1 Å². The predicted octanol–water partition coefficient (Wildman–Crippen LogP) is 2.97. The van der Waals surface area contributed by atoms with Crippen molar-refractivity contribution in [2.24, 2.45) is 0 Å². The van der Waals surface area contributed by atoms with Gasteiger partial charge in [-0.1, -0.05) is 48.2 Å². The molecule has 5 nitrogen and oxygen atoms in total. The van der Waals surface area contributed by atoms with E-state index in [1.165, 1.54) is 11.8 Å². The minimum Gasteiger partial charge on any atom is -0.367 e. The van der Waals surface area contributed by atoms with Crippen molar-refractivity contribution >= 4 is 44.0 Å². The largest absolute Gasteiger partial charge is 0.367 e. The number of para-hydroxylation sites is 1. The monoisotopic (exact) mass is 407 g/mol. The van der Waals surface area contributed by atoms with Crippen molar-refractivity contribution in [1.29, 1.82) is 0 Å². The van der Waals surface area contributed by atoms with Crippen LogP contribution in [0.25, 0.3) is 0 Å². The number of anilines is 1. The lowest BCUT2D eigenvalue weighted by atomic mass is 10.0. The fourth-order valence-corrected chi connectivity index (χ4v) is 5.83. The number of nitrogens with zero attached hydrogens (tertiary/aromatic N) is 2. The summed E-state index contributed by atoms with van der Waals surface area (Å²) >= 11 is 6.65. The molecule has 0 bridgehead atoms. The minimum absolute atomic E-state index is 0.0702. The Morgan fingerprint density at radius 1 is 1.27 bits per heavy atom. The highest BCUT2D eigenvalue weighted by Crippen LogP contribution is 2.29. The summed E-state index contributed by atoms with van der Waals surface area (Å²) in [7, 11) is -3.34. The maximum Gasteiger partial charge on any atom is 0.235 e. The van der Waals surface area contributed by atoms with Crippen LogP contribution in [0.5, 0.6) is 0 Å². The zero-order valence-electron chi connectivity index (χ0n) is 14.3. The van der Waals surface area contributed by atoms with E-state index in [1.54, 1.807) is 16.7 Å². The number of aryl methyl sites for hydroxylation is 1. The first-order valence-electron chi connectivity index (χ1n) is 8.44. The predicted molar refractivity (Wildman–Crippen MR) is 112 cm³/mol. The summed E-state index contributed by atoms with van der Waals surface area (Å²) < 4.78 is 27.7. The molecular weight excluding hydrogens is 386 g/mol. The standard InChI is InChI=1S/C18H21N3O2S3/c22-26(23,21-10-4-7-16-6-1-2-8-17(16)21)12-11-25-18(24)20-14-15-5-3-9-19-13-15/h1-3,5-6,8-9,13H,4,7,10-12,14H2,(H,20,24). The van der Waals surface area contributed by atoms with Crippen molar-refractivity contribution < 1.29 is 8.42 Å². The van der Waals surface area contributed by atoms with Gasteiger partial charge in [0.1, 0.15) is 4.32 Å². The molecule has 1 aromatic carbocycles. The molecule has 1 aliphatic rings. The van der Waals surface area contributed by atoms with Crippen LogP contribution in [0.4, 0.5) is 5.69 Å². The second-order valence-corrected chi connectivity index (χ2v) is 9.76. The van der Waals surface area contributed by atoms with Crippen LogP contribution in [0.2, 0.25) is 0 Å². The number of sulfonamides is 1. The summed E-state index contributed by atoms with van der Waals surface area (Å²) in [4.78, 5) is 4.05. The fraction of sp³-hybridized carbons (Fsp3) is 0.333. The molecule has 0 atom stereocenters. The molecule has 2 heterocycles. The smallest absolute Gasteiger partial charge is 0.235 e. The van der Waals surface area contributed by atoms with Gasteiger partial charge in [-0.2, -0.15) is 0 Å². The molecule has 0 fully saturated rings. The van der Waals surface area contributed by atoms with E-state index < -0.39 is 10.0 Å². The third-order valence-corrected chi connectivity index (χ3v) is 7.48. The number of thioether (sulfide) groups is 1. The van der Waals surface area contributed by atoms with Crippen LogP contribution in [0, 0.1) is 0 Å². The Morgan fingerprint density at radius 2 is 2.12 bits per heavy atom. The van der Waals surface area contributed by atoms with Crippen molar-refractivity contribution in [2.75, 3.05) is 22.4 Å². The number of hydrogen-bond donors (Lipinski definition) is 1. The molecule has 26 heavy (non-hydrogen) atoms. The SMILES string of the molecule is O=S(=O)(CCSC(=S)NCc1cccnc1)N1CCCc2ccccc21. The lowest BCUT2D eigenvalue weighted by molar-refractivity contribution is 0.588. The van der Waals surface area contributed by atoms with Gasteiger partial charge < -0.3 is 5.32 Å². The molecule has 138 valence electrons. The van der Waals surface area contributed by atoms with Gasteiger partial charge in [0.05, 0.1) is 11.4 Å². The van der Waals surface area contributed by atoms with Gasteiger partial charge in [-0.3, -0.25) is 9.29 Å². The number of nitrogens with one attached hydrogen (secondary N) is 1. The highest BCUT2D eigenvalue weighted by Gasteiger charge is 2.26. The Hall–Kier alpha value is -1.64. The highest BCUT2D eigenvalue weighted by molar-refractivity contribution is 8.23. The van der Waals surface area contributed by atoms with E-state index >= 15 is 0 Å². The second-order valence-electron chi connectivity index (χ2n) is 5.97. The zero-order chi connectivity index (χ0) is 18.4. The Balaban J connectivity index is 1.50. The molecule has 1 aliphatic heterocycles. The summed E-state index contributed by atoms with van der Waals surface area (Å²) in [5.74, 6) is 0.501. The molecule has 3 rings (SSSR count). The van der Waals surface area contributed by atoms with Gasteiger partial charge in [0.15, 0.2) is 0 Å². The summed E-state index contributed by atoms with van der Waals surface area (Å²) in [6.45, 7) is 1.14. The molecule has 0 saturated heterocycles. The molecule has 8 heteroatoms. The Bertz CT molecular complexity index is 857. The Morgan fingerprint density at radius 3 is 2.92 bits per heavy atom. The van der Waals surface area contributed by atoms with Crippen LogP contribution >= 0.6 is 24.0 Å². The van der Waals surface area contributed by atoms with Gasteiger partial charge in [0.2, 0.25) is 10.0 Å². The zero-order valence-corrected chi connectivity index (χ0v) is 16.7. The van der Waals surface area contributed by atoms with Crippen LogP contribution < -0.4 is 9.62 Å². The van der Waals surface area contributed by atoms with Gasteiger partial charge in [-0.25, -0.2) is 8.42 Å². The van der Waals surface area contributed by atoms with E-state index in [4.69, 9.17) is 12.2 Å². The average Bonchev–Trinajstić information content (AvgIpc) is 2.66. The van der Waals surface area contributed by atoms with Crippen molar-refractivity contribution in [2.45, 2.75) is 19.4 Å². The van der Waals surface area contributed by atoms with E-state index in [9.17, 15) is 8.42 Å². The fourth-order valence-electron chi connectivity index (χ4n) is 2.87. The number of fused-ring (bicyclic) bond motifs is 1. The van der Waals surface area contributed by atoms with Crippen LogP contribution in [-0.4, -0.2) is 35.8 Å². The first-order chi connectivity index (χ1) is 12.6. The number of pyridine rings is 1. The maximum absolute atomic E-state index is 12.7. The summed E-state index contributed by atoms with van der Waals surface area (Å²) in [6, 6.07) is 11.6. The lowest BCUT2D eigenvalue weighted by Crippen LogP contribution is -2.37. The topological polar surface area (TPSA) is 62.3 Å². The normalized spacial score (nSPS) is 13.9. The molecule has 2 aromatic rings. The van der Waals surface area contributed by atoms with Crippen LogP contribution in [-0.2, 0) is 23.0 Å². The van der Waals surface area contributed by atoms with Gasteiger partial charge in [0, 0.05) is 31.2 Å². The Labute approximate surface area is 164 Å². The van der Waals surface area contributed by atoms with Crippen molar-refractivity contribution in [3.8, 4) is 0 Å². The van der Waals surface area contributed by atoms with Crippen LogP contribution in [0.3, 0.4) is 0 Å². The second kappa shape index (κ2) is 8.83. The summed E-state index contributed by atoms with van der Waals surface area (Å²) in [5, 5.41) is 3.13. The molecule has 0 radical (unpaired) electrons. The average molecular weight is 408 g/mol. The van der Waals surface area contributed by atoms with E-state index in [0.29, 0.717) is 23.2 Å². The first kappa shape index (κ1) is 19.1. The summed E-state index contributed by atoms with van der Waals surface area (Å²) in [5.41, 5.74) is 2.96. The molecule has 1 aromatic heterocycles. The van der Waals surface area contributed by atoms with E-state index in [2.05, 4.69) is 10.3 Å². The number of thiocarbonyl (C=S) groups is 1. The van der Waals surface area contributed by atoms with E-state index in [0.717, 1.165) is 29.7 Å². The van der Waals surface area contributed by atoms with Gasteiger partial charge in [-0.15, -0.1) is 0 Å². The lowest BCUT2D eigenvalue weighted by Gasteiger charge is -2.30. The molecule has 0 spiro atoms. The van der Waals surface area contributed by atoms with Crippen molar-refractivity contribution in [3.05, 3.63) is 59.9 Å². The Kier molecular flexibility index (Phi) is 6.50. The quantitative estimate of drug-likeness (QED) is 0.743. The van der Waals surface area contributed by atoms with Crippen LogP contribution in [0.15, 0.2) is 48.8 Å². The third kappa shape index (κ3) is 4.96. The van der Waals surface area contributed by atoms with E-state index in [-0.39, 0.29) is 5.75 Å². The molecule has 0 unspecified atom stereocenters. The number of benzene rings is 1. The molecule has 0 saturated carbocycles. The van der Waals surface area contributed by atoms with Crippen LogP contribution in [0.1, 0.15) is 17.5 Å². The van der Waals surface area contributed by atoms with E-state index in [1.807, 2.05) is 36.4 Å². The highest BCUT2D eigenvalue weighted by atomic mass is 32.2. The number of aromatic nitrogens is 1.